The maximum absolute atomic E-state index is 11.9. The molecule has 1 unspecified atom stereocenters. The summed E-state index contributed by atoms with van der Waals surface area (Å²) in [5, 5.41) is 5.80. The van der Waals surface area contributed by atoms with Crippen LogP contribution in [0.5, 0.6) is 0 Å². The van der Waals surface area contributed by atoms with Crippen LogP contribution in [0.15, 0.2) is 60.7 Å². The molecule has 128 valence electrons. The van der Waals surface area contributed by atoms with Gasteiger partial charge < -0.3 is 15.4 Å². The number of hydrogen-bond acceptors (Lipinski definition) is 2. The van der Waals surface area contributed by atoms with Gasteiger partial charge in [-0.1, -0.05) is 60.7 Å². The van der Waals surface area contributed by atoms with E-state index in [9.17, 15) is 4.79 Å². The monoisotopic (exact) mass is 326 g/mol. The van der Waals surface area contributed by atoms with Gasteiger partial charge >= 0.3 is 6.03 Å². The molecule has 24 heavy (non-hydrogen) atoms. The Labute approximate surface area is 144 Å². The first-order valence-corrected chi connectivity index (χ1v) is 8.34. The zero-order chi connectivity index (χ0) is 17.2. The number of urea groups is 1. The van der Waals surface area contributed by atoms with Gasteiger partial charge in [0.05, 0.1) is 12.6 Å². The molecule has 2 aromatic rings. The molecule has 0 heterocycles. The third kappa shape index (κ3) is 5.70. The van der Waals surface area contributed by atoms with Crippen LogP contribution >= 0.6 is 0 Å². The third-order valence-electron chi connectivity index (χ3n) is 3.92. The molecule has 0 spiro atoms. The molecule has 0 aliphatic heterocycles. The highest BCUT2D eigenvalue weighted by atomic mass is 16.5. The largest absolute Gasteiger partial charge is 0.383 e. The molecule has 0 radical (unpaired) electrons. The van der Waals surface area contributed by atoms with Gasteiger partial charge in [0.15, 0.2) is 0 Å². The Kier molecular flexibility index (Phi) is 7.30. The lowest BCUT2D eigenvalue weighted by molar-refractivity contribution is 0.171. The smallest absolute Gasteiger partial charge is 0.315 e. The van der Waals surface area contributed by atoms with Crippen LogP contribution in [0.3, 0.4) is 0 Å². The van der Waals surface area contributed by atoms with Crippen LogP contribution in [0.2, 0.25) is 0 Å². The van der Waals surface area contributed by atoms with E-state index in [-0.39, 0.29) is 18.0 Å². The van der Waals surface area contributed by atoms with Crippen molar-refractivity contribution < 1.29 is 9.53 Å². The first-order valence-electron chi connectivity index (χ1n) is 8.34. The average molecular weight is 326 g/mol. The standard InChI is InChI=1S/C20H26N2O2/c1-16(15-24-2)22-20(23)21-14-13-19(17-9-5-3-6-10-17)18-11-7-4-8-12-18/h3-12,16,19H,13-15H2,1-2H3,(H2,21,22,23). The number of ether oxygens (including phenoxy) is 1. The zero-order valence-corrected chi connectivity index (χ0v) is 14.4. The summed E-state index contributed by atoms with van der Waals surface area (Å²) in [6, 6.07) is 20.6. The van der Waals surface area contributed by atoms with Crippen molar-refractivity contribution in [2.45, 2.75) is 25.3 Å². The van der Waals surface area contributed by atoms with Crippen LogP contribution in [0.4, 0.5) is 4.79 Å². The first-order chi connectivity index (χ1) is 11.7. The predicted molar refractivity (Wildman–Crippen MR) is 97.2 cm³/mol. The van der Waals surface area contributed by atoms with Crippen molar-refractivity contribution in [3.63, 3.8) is 0 Å². The average Bonchev–Trinajstić information content (AvgIpc) is 2.60. The van der Waals surface area contributed by atoms with E-state index >= 15 is 0 Å². The molecule has 2 N–H and O–H groups in total. The van der Waals surface area contributed by atoms with Gasteiger partial charge in [0.1, 0.15) is 0 Å². The molecule has 0 bridgehead atoms. The fourth-order valence-electron chi connectivity index (χ4n) is 2.79. The van der Waals surface area contributed by atoms with Gasteiger partial charge in [-0.05, 0) is 24.5 Å². The van der Waals surface area contributed by atoms with E-state index in [0.717, 1.165) is 6.42 Å². The lowest BCUT2D eigenvalue weighted by Gasteiger charge is -2.19. The summed E-state index contributed by atoms with van der Waals surface area (Å²) in [5.74, 6) is 0.268. The Morgan fingerprint density at radius 2 is 1.54 bits per heavy atom. The summed E-state index contributed by atoms with van der Waals surface area (Å²) in [5.41, 5.74) is 2.53. The molecule has 2 aromatic carbocycles. The molecule has 0 aromatic heterocycles. The Morgan fingerprint density at radius 1 is 1.00 bits per heavy atom. The maximum Gasteiger partial charge on any atom is 0.315 e. The lowest BCUT2D eigenvalue weighted by Crippen LogP contribution is -2.43. The van der Waals surface area contributed by atoms with Crippen molar-refractivity contribution in [3.8, 4) is 0 Å². The van der Waals surface area contributed by atoms with E-state index in [1.807, 2.05) is 19.1 Å². The molecule has 0 fully saturated rings. The Balaban J connectivity index is 1.94. The van der Waals surface area contributed by atoms with Gasteiger partial charge in [-0.3, -0.25) is 0 Å². The number of hydrogen-bond donors (Lipinski definition) is 2. The molecule has 4 nitrogen and oxygen atoms in total. The summed E-state index contributed by atoms with van der Waals surface area (Å²) < 4.78 is 5.02. The fraction of sp³-hybridized carbons (Fsp3) is 0.350. The van der Waals surface area contributed by atoms with Crippen molar-refractivity contribution in [1.82, 2.24) is 10.6 Å². The van der Waals surface area contributed by atoms with Gasteiger partial charge in [-0.15, -0.1) is 0 Å². The van der Waals surface area contributed by atoms with Gasteiger partial charge in [-0.25, -0.2) is 4.79 Å². The maximum atomic E-state index is 11.9. The summed E-state index contributed by atoms with van der Waals surface area (Å²) in [4.78, 5) is 11.9. The predicted octanol–water partition coefficient (Wildman–Crippen LogP) is 3.54. The number of nitrogens with one attached hydrogen (secondary N) is 2. The normalized spacial score (nSPS) is 12.0. The van der Waals surface area contributed by atoms with Gasteiger partial charge in [0, 0.05) is 19.6 Å². The molecule has 0 saturated carbocycles. The van der Waals surface area contributed by atoms with Crippen LogP contribution in [-0.2, 0) is 4.74 Å². The number of rotatable bonds is 8. The minimum atomic E-state index is -0.153. The summed E-state index contributed by atoms with van der Waals surface area (Å²) in [6.07, 6.45) is 0.847. The Bertz CT molecular complexity index is 562. The second-order valence-corrected chi connectivity index (χ2v) is 5.92. The number of methoxy groups -OCH3 is 1. The molecule has 4 heteroatoms. The minimum absolute atomic E-state index is 0.00552. The van der Waals surface area contributed by atoms with Crippen LogP contribution in [0.25, 0.3) is 0 Å². The second kappa shape index (κ2) is 9.73. The number of carbonyl (C=O) groups is 1. The zero-order valence-electron chi connectivity index (χ0n) is 14.4. The van der Waals surface area contributed by atoms with Gasteiger partial charge in [-0.2, -0.15) is 0 Å². The van der Waals surface area contributed by atoms with E-state index in [2.05, 4.69) is 59.2 Å². The van der Waals surface area contributed by atoms with E-state index in [1.165, 1.54) is 11.1 Å². The molecule has 2 rings (SSSR count). The van der Waals surface area contributed by atoms with Gasteiger partial charge in [0.25, 0.3) is 0 Å². The Morgan fingerprint density at radius 3 is 2.04 bits per heavy atom. The molecular weight excluding hydrogens is 300 g/mol. The molecule has 0 aliphatic carbocycles. The van der Waals surface area contributed by atoms with Crippen LogP contribution in [-0.4, -0.2) is 32.3 Å². The van der Waals surface area contributed by atoms with Crippen LogP contribution in [0.1, 0.15) is 30.4 Å². The van der Waals surface area contributed by atoms with Crippen LogP contribution in [0, 0.1) is 0 Å². The summed E-state index contributed by atoms with van der Waals surface area (Å²) in [7, 11) is 1.63. The number of benzene rings is 2. The quantitative estimate of drug-likeness (QED) is 0.779. The minimum Gasteiger partial charge on any atom is -0.383 e. The first kappa shape index (κ1) is 18.0. The highest BCUT2D eigenvalue weighted by Crippen LogP contribution is 2.27. The second-order valence-electron chi connectivity index (χ2n) is 5.92. The van der Waals surface area contributed by atoms with E-state index in [1.54, 1.807) is 7.11 Å². The van der Waals surface area contributed by atoms with Crippen molar-refractivity contribution in [3.05, 3.63) is 71.8 Å². The molecule has 2 amide bonds. The topological polar surface area (TPSA) is 50.4 Å². The fourth-order valence-corrected chi connectivity index (χ4v) is 2.79. The van der Waals surface area contributed by atoms with Gasteiger partial charge in [0.2, 0.25) is 0 Å². The summed E-state index contributed by atoms with van der Waals surface area (Å²) in [6.45, 7) is 3.03. The molecule has 0 aliphatic rings. The van der Waals surface area contributed by atoms with Crippen molar-refractivity contribution >= 4 is 6.03 Å². The van der Waals surface area contributed by atoms with E-state index in [4.69, 9.17) is 4.74 Å². The number of amides is 2. The van der Waals surface area contributed by atoms with E-state index < -0.39 is 0 Å². The highest BCUT2D eigenvalue weighted by molar-refractivity contribution is 5.74. The molecular formula is C20H26N2O2. The highest BCUT2D eigenvalue weighted by Gasteiger charge is 2.14. The molecule has 1 atom stereocenters. The Hall–Kier alpha value is -2.33. The lowest BCUT2D eigenvalue weighted by atomic mass is 9.88. The van der Waals surface area contributed by atoms with E-state index in [0.29, 0.717) is 13.2 Å². The summed E-state index contributed by atoms with van der Waals surface area (Å²) >= 11 is 0. The molecule has 0 saturated heterocycles. The SMILES string of the molecule is COCC(C)NC(=O)NCCC(c1ccccc1)c1ccccc1. The van der Waals surface area contributed by atoms with Crippen LogP contribution < -0.4 is 10.6 Å². The van der Waals surface area contributed by atoms with Crippen molar-refractivity contribution in [2.24, 2.45) is 0 Å². The van der Waals surface area contributed by atoms with Crippen molar-refractivity contribution in [1.29, 1.82) is 0 Å². The number of carbonyl (C=O) groups excluding carboxylic acids is 1. The van der Waals surface area contributed by atoms with Crippen molar-refractivity contribution in [2.75, 3.05) is 20.3 Å². The third-order valence-corrected chi connectivity index (χ3v) is 3.92.